The van der Waals surface area contributed by atoms with Crippen molar-refractivity contribution in [1.29, 1.82) is 0 Å². The molecule has 1 aliphatic rings. The highest BCUT2D eigenvalue weighted by Gasteiger charge is 2.30. The van der Waals surface area contributed by atoms with Gasteiger partial charge in [-0.3, -0.25) is 4.79 Å². The van der Waals surface area contributed by atoms with Crippen molar-refractivity contribution in [3.05, 3.63) is 18.2 Å². The van der Waals surface area contributed by atoms with E-state index in [9.17, 15) is 13.2 Å². The number of benzene rings is 1. The Kier molecular flexibility index (Phi) is 4.53. The number of nitrogens with one attached hydrogen (secondary N) is 1. The highest BCUT2D eigenvalue weighted by molar-refractivity contribution is 7.89. The van der Waals surface area contributed by atoms with E-state index in [-0.39, 0.29) is 22.5 Å². The van der Waals surface area contributed by atoms with Crippen molar-refractivity contribution in [2.45, 2.75) is 24.7 Å². The average Bonchev–Trinajstić information content (AvgIpc) is 3.24. The van der Waals surface area contributed by atoms with Gasteiger partial charge in [-0.25, -0.2) is 12.7 Å². The Morgan fingerprint density at radius 3 is 2.57 bits per heavy atom. The summed E-state index contributed by atoms with van der Waals surface area (Å²) in [6.45, 7) is 2.15. The molecule has 0 radical (unpaired) electrons. The van der Waals surface area contributed by atoms with Crippen molar-refractivity contribution in [1.82, 2.24) is 4.31 Å². The van der Waals surface area contributed by atoms with Gasteiger partial charge in [0.05, 0.1) is 6.61 Å². The van der Waals surface area contributed by atoms with Gasteiger partial charge in [-0.2, -0.15) is 0 Å². The molecule has 0 bridgehead atoms. The fourth-order valence-electron chi connectivity index (χ4n) is 1.85. The summed E-state index contributed by atoms with van der Waals surface area (Å²) in [7, 11) is -0.718. The van der Waals surface area contributed by atoms with E-state index in [2.05, 4.69) is 5.32 Å². The second-order valence-corrected chi connectivity index (χ2v) is 7.27. The summed E-state index contributed by atoms with van der Waals surface area (Å²) in [6.07, 6.45) is 1.79. The molecule has 2 rings (SSSR count). The number of sulfonamides is 1. The quantitative estimate of drug-likeness (QED) is 0.867. The number of nitrogens with zero attached hydrogens (tertiary/aromatic N) is 1. The maximum atomic E-state index is 12.3. The van der Waals surface area contributed by atoms with Gasteiger partial charge in [0.2, 0.25) is 15.9 Å². The molecule has 1 aromatic carbocycles. The molecule has 1 amide bonds. The van der Waals surface area contributed by atoms with Crippen molar-refractivity contribution in [2.24, 2.45) is 5.92 Å². The topological polar surface area (TPSA) is 75.7 Å². The first-order chi connectivity index (χ1) is 9.86. The lowest BCUT2D eigenvalue weighted by Gasteiger charge is -2.16. The van der Waals surface area contributed by atoms with Gasteiger partial charge in [-0.15, -0.1) is 0 Å². The van der Waals surface area contributed by atoms with Crippen LogP contribution < -0.4 is 10.1 Å². The van der Waals surface area contributed by atoms with Crippen LogP contribution in [-0.4, -0.2) is 39.3 Å². The lowest BCUT2D eigenvalue weighted by molar-refractivity contribution is -0.117. The molecule has 0 aromatic heterocycles. The number of ether oxygens (including phenoxy) is 1. The van der Waals surface area contributed by atoms with E-state index in [0.717, 1.165) is 17.1 Å². The van der Waals surface area contributed by atoms with Crippen molar-refractivity contribution < 1.29 is 17.9 Å². The van der Waals surface area contributed by atoms with Crippen LogP contribution in [0.2, 0.25) is 0 Å². The van der Waals surface area contributed by atoms with Crippen LogP contribution in [0, 0.1) is 5.92 Å². The van der Waals surface area contributed by atoms with Crippen molar-refractivity contribution in [3.8, 4) is 5.75 Å². The third kappa shape index (κ3) is 3.54. The lowest BCUT2D eigenvalue weighted by atomic mass is 10.3. The number of anilines is 1. The summed E-state index contributed by atoms with van der Waals surface area (Å²) in [5.74, 6) is 0.286. The molecule has 116 valence electrons. The van der Waals surface area contributed by atoms with E-state index in [0.29, 0.717) is 12.3 Å². The minimum absolute atomic E-state index is 0.0583. The number of carbonyl (C=O) groups is 1. The van der Waals surface area contributed by atoms with Crippen LogP contribution in [0.25, 0.3) is 0 Å². The van der Waals surface area contributed by atoms with Crippen molar-refractivity contribution in [2.75, 3.05) is 26.0 Å². The van der Waals surface area contributed by atoms with Gasteiger partial charge in [0.1, 0.15) is 10.6 Å². The normalized spacial score (nSPS) is 15.0. The molecule has 1 fully saturated rings. The van der Waals surface area contributed by atoms with Crippen LogP contribution in [0.15, 0.2) is 23.1 Å². The van der Waals surface area contributed by atoms with Gasteiger partial charge >= 0.3 is 0 Å². The third-order valence-electron chi connectivity index (χ3n) is 3.22. The van der Waals surface area contributed by atoms with Crippen LogP contribution in [0.5, 0.6) is 5.75 Å². The van der Waals surface area contributed by atoms with Gasteiger partial charge in [0.25, 0.3) is 0 Å². The summed E-state index contributed by atoms with van der Waals surface area (Å²) in [5.41, 5.74) is 0.468. The van der Waals surface area contributed by atoms with E-state index < -0.39 is 10.0 Å². The Labute approximate surface area is 125 Å². The molecule has 0 atom stereocenters. The first kappa shape index (κ1) is 15.8. The Morgan fingerprint density at radius 2 is 2.05 bits per heavy atom. The fraction of sp³-hybridized carbons (Fsp3) is 0.500. The first-order valence-electron chi connectivity index (χ1n) is 6.86. The van der Waals surface area contributed by atoms with E-state index >= 15 is 0 Å². The highest BCUT2D eigenvalue weighted by atomic mass is 32.2. The van der Waals surface area contributed by atoms with Gasteiger partial charge in [-0.05, 0) is 38.0 Å². The first-order valence-corrected chi connectivity index (χ1v) is 8.30. The molecule has 1 N–H and O–H groups in total. The smallest absolute Gasteiger partial charge is 0.246 e. The Hall–Kier alpha value is -1.60. The van der Waals surface area contributed by atoms with Gasteiger partial charge in [0.15, 0.2) is 0 Å². The predicted octanol–water partition coefficient (Wildman–Crippen LogP) is 1.68. The molecule has 0 heterocycles. The molecule has 0 saturated heterocycles. The molecular weight excluding hydrogens is 292 g/mol. The standard InChI is InChI=1S/C14H20N2O4S/c1-4-20-12-8-7-11(15-14(17)10-5-6-10)9-13(12)21(18,19)16(2)3/h7-10H,4-6H2,1-3H3,(H,15,17). The number of hydrogen-bond acceptors (Lipinski definition) is 4. The van der Waals surface area contributed by atoms with Crippen LogP contribution in [-0.2, 0) is 14.8 Å². The van der Waals surface area contributed by atoms with E-state index in [1.54, 1.807) is 19.1 Å². The second-order valence-electron chi connectivity index (χ2n) is 5.15. The lowest BCUT2D eigenvalue weighted by Crippen LogP contribution is -2.23. The van der Waals surface area contributed by atoms with Crippen LogP contribution in [0.3, 0.4) is 0 Å². The van der Waals surface area contributed by atoms with Gasteiger partial charge < -0.3 is 10.1 Å². The van der Waals surface area contributed by atoms with Crippen LogP contribution >= 0.6 is 0 Å². The summed E-state index contributed by atoms with van der Waals surface area (Å²) < 4.78 is 31.2. The molecule has 7 heteroatoms. The zero-order valence-corrected chi connectivity index (χ0v) is 13.2. The maximum Gasteiger partial charge on any atom is 0.246 e. The van der Waals surface area contributed by atoms with Crippen molar-refractivity contribution in [3.63, 3.8) is 0 Å². The summed E-state index contributed by atoms with van der Waals surface area (Å²) in [5, 5.41) is 2.75. The zero-order valence-electron chi connectivity index (χ0n) is 12.4. The van der Waals surface area contributed by atoms with Crippen molar-refractivity contribution >= 4 is 21.6 Å². The minimum Gasteiger partial charge on any atom is -0.492 e. The molecule has 1 saturated carbocycles. The van der Waals surface area contributed by atoms with E-state index in [1.165, 1.54) is 20.2 Å². The fourth-order valence-corrected chi connectivity index (χ4v) is 2.90. The Morgan fingerprint density at radius 1 is 1.38 bits per heavy atom. The zero-order chi connectivity index (χ0) is 15.6. The number of hydrogen-bond donors (Lipinski definition) is 1. The summed E-state index contributed by atoms with van der Waals surface area (Å²) in [4.78, 5) is 11.8. The van der Waals surface area contributed by atoms with Crippen LogP contribution in [0.4, 0.5) is 5.69 Å². The number of carbonyl (C=O) groups excluding carboxylic acids is 1. The maximum absolute atomic E-state index is 12.3. The molecule has 1 aliphatic carbocycles. The molecule has 21 heavy (non-hydrogen) atoms. The molecule has 1 aromatic rings. The van der Waals surface area contributed by atoms with E-state index in [1.807, 2.05) is 0 Å². The summed E-state index contributed by atoms with van der Waals surface area (Å²) in [6, 6.07) is 4.67. The third-order valence-corrected chi connectivity index (χ3v) is 5.05. The molecular formula is C14H20N2O4S. The van der Waals surface area contributed by atoms with Gasteiger partial charge in [-0.1, -0.05) is 0 Å². The number of rotatable bonds is 6. The molecule has 0 spiro atoms. The minimum atomic E-state index is -3.64. The molecule has 0 aliphatic heterocycles. The monoisotopic (exact) mass is 312 g/mol. The average molecular weight is 312 g/mol. The van der Waals surface area contributed by atoms with E-state index in [4.69, 9.17) is 4.74 Å². The molecule has 6 nitrogen and oxygen atoms in total. The Balaban J connectivity index is 2.36. The molecule has 0 unspecified atom stereocenters. The second kappa shape index (κ2) is 6.03. The predicted molar refractivity (Wildman–Crippen MR) is 79.8 cm³/mol. The number of amides is 1. The highest BCUT2D eigenvalue weighted by Crippen LogP contribution is 2.32. The largest absolute Gasteiger partial charge is 0.492 e. The van der Waals surface area contributed by atoms with Gasteiger partial charge in [0, 0.05) is 25.7 Å². The SMILES string of the molecule is CCOc1ccc(NC(=O)C2CC2)cc1S(=O)(=O)N(C)C. The summed E-state index contributed by atoms with van der Waals surface area (Å²) >= 11 is 0. The Bertz CT molecular complexity index is 636. The van der Waals surface area contributed by atoms with Crippen LogP contribution in [0.1, 0.15) is 19.8 Å².